The monoisotopic (exact) mass is 273 g/mol. The van der Waals surface area contributed by atoms with Crippen LogP contribution < -0.4 is 5.32 Å². The summed E-state index contributed by atoms with van der Waals surface area (Å²) in [5.74, 6) is -0.936. The second kappa shape index (κ2) is 4.51. The van der Waals surface area contributed by atoms with Gasteiger partial charge in [0.2, 0.25) is 5.91 Å². The van der Waals surface area contributed by atoms with Crippen molar-refractivity contribution in [3.8, 4) is 0 Å². The van der Waals surface area contributed by atoms with Crippen LogP contribution in [0.1, 0.15) is 25.7 Å². The van der Waals surface area contributed by atoms with Crippen molar-refractivity contribution in [3.05, 3.63) is 0 Å². The van der Waals surface area contributed by atoms with Crippen molar-refractivity contribution in [2.75, 3.05) is 0 Å². The van der Waals surface area contributed by atoms with Gasteiger partial charge in [-0.1, -0.05) is 22.4 Å². The molecule has 1 rings (SSSR count). The van der Waals surface area contributed by atoms with Gasteiger partial charge in [-0.25, -0.2) is 0 Å². The van der Waals surface area contributed by atoms with Crippen LogP contribution in [-0.2, 0) is 4.79 Å². The number of hydrogen-bond donors (Lipinski definition) is 1. The molecule has 0 aromatic rings. The first-order valence-corrected chi connectivity index (χ1v) is 5.30. The second-order valence-electron chi connectivity index (χ2n) is 3.41. The van der Waals surface area contributed by atoms with Crippen molar-refractivity contribution in [3.63, 3.8) is 0 Å². The quantitative estimate of drug-likeness (QED) is 0.769. The summed E-state index contributed by atoms with van der Waals surface area (Å²) < 4.78 is 35.4. The molecule has 0 spiro atoms. The van der Waals surface area contributed by atoms with Gasteiger partial charge in [-0.15, -0.1) is 0 Å². The summed E-state index contributed by atoms with van der Waals surface area (Å²) in [7, 11) is 0. The number of carbonyl (C=O) groups is 1. The molecule has 1 saturated carbocycles. The summed E-state index contributed by atoms with van der Waals surface area (Å²) in [6.45, 7) is 0. The third kappa shape index (κ3) is 3.86. The molecule has 0 aromatic carbocycles. The fraction of sp³-hybridized carbons (Fsp3) is 0.875. The molecule has 2 unspecified atom stereocenters. The lowest BCUT2D eigenvalue weighted by molar-refractivity contribution is -0.154. The molecule has 82 valence electrons. The summed E-state index contributed by atoms with van der Waals surface area (Å²) in [4.78, 5) is 11.0. The summed E-state index contributed by atoms with van der Waals surface area (Å²) in [6, 6.07) is -0.148. The minimum atomic E-state index is -4.41. The summed E-state index contributed by atoms with van der Waals surface area (Å²) in [5.41, 5.74) is 0. The lowest BCUT2D eigenvalue weighted by Crippen LogP contribution is -2.39. The van der Waals surface area contributed by atoms with Gasteiger partial charge in [-0.05, 0) is 12.8 Å². The fourth-order valence-electron chi connectivity index (χ4n) is 1.52. The van der Waals surface area contributed by atoms with Crippen molar-refractivity contribution in [2.45, 2.75) is 42.7 Å². The highest BCUT2D eigenvalue weighted by molar-refractivity contribution is 9.09. The van der Waals surface area contributed by atoms with Crippen molar-refractivity contribution in [1.82, 2.24) is 5.32 Å². The Morgan fingerprint density at radius 3 is 2.50 bits per heavy atom. The SMILES string of the molecule is O=C(CC(F)(F)F)NC1CCCC1Br. The van der Waals surface area contributed by atoms with Crippen LogP contribution in [0.3, 0.4) is 0 Å². The second-order valence-corrected chi connectivity index (χ2v) is 4.59. The molecule has 2 nitrogen and oxygen atoms in total. The Bertz CT molecular complexity index is 219. The maximum Gasteiger partial charge on any atom is 0.397 e. The molecule has 1 aliphatic rings. The number of amides is 1. The van der Waals surface area contributed by atoms with Crippen molar-refractivity contribution in [2.24, 2.45) is 0 Å². The first-order valence-electron chi connectivity index (χ1n) is 4.38. The highest BCUT2D eigenvalue weighted by atomic mass is 79.9. The number of nitrogens with one attached hydrogen (secondary N) is 1. The topological polar surface area (TPSA) is 29.1 Å². The summed E-state index contributed by atoms with van der Waals surface area (Å²) in [5, 5.41) is 2.38. The molecule has 2 atom stereocenters. The van der Waals surface area contributed by atoms with Gasteiger partial charge in [0, 0.05) is 10.9 Å². The molecule has 14 heavy (non-hydrogen) atoms. The Morgan fingerprint density at radius 1 is 1.43 bits per heavy atom. The van der Waals surface area contributed by atoms with Crippen LogP contribution in [-0.4, -0.2) is 23.0 Å². The summed E-state index contributed by atoms with van der Waals surface area (Å²) >= 11 is 3.32. The van der Waals surface area contributed by atoms with Gasteiger partial charge < -0.3 is 5.32 Å². The molecule has 0 bridgehead atoms. The van der Waals surface area contributed by atoms with Crippen LogP contribution in [0.15, 0.2) is 0 Å². The van der Waals surface area contributed by atoms with E-state index >= 15 is 0 Å². The van der Waals surface area contributed by atoms with E-state index in [0.717, 1.165) is 19.3 Å². The van der Waals surface area contributed by atoms with E-state index < -0.39 is 18.5 Å². The standard InChI is InChI=1S/C8H11BrF3NO/c9-5-2-1-3-6(5)13-7(14)4-8(10,11)12/h5-6H,1-4H2,(H,13,14). The average Bonchev–Trinajstić information content (AvgIpc) is 2.32. The lowest BCUT2D eigenvalue weighted by atomic mass is 10.2. The predicted molar refractivity (Wildman–Crippen MR) is 49.2 cm³/mol. The van der Waals surface area contributed by atoms with E-state index in [4.69, 9.17) is 0 Å². The van der Waals surface area contributed by atoms with E-state index in [9.17, 15) is 18.0 Å². The minimum absolute atomic E-state index is 0.111. The lowest BCUT2D eigenvalue weighted by Gasteiger charge is -2.16. The van der Waals surface area contributed by atoms with Crippen LogP contribution in [0.4, 0.5) is 13.2 Å². The smallest absolute Gasteiger partial charge is 0.352 e. The van der Waals surface area contributed by atoms with E-state index in [1.165, 1.54) is 0 Å². The predicted octanol–water partition coefficient (Wildman–Crippen LogP) is 2.37. The van der Waals surface area contributed by atoms with Crippen LogP contribution >= 0.6 is 15.9 Å². The number of rotatable bonds is 2. The van der Waals surface area contributed by atoms with Gasteiger partial charge in [0.15, 0.2) is 0 Å². The maximum atomic E-state index is 11.8. The van der Waals surface area contributed by atoms with Gasteiger partial charge in [0.1, 0.15) is 6.42 Å². The largest absolute Gasteiger partial charge is 0.397 e. The van der Waals surface area contributed by atoms with Gasteiger partial charge in [-0.3, -0.25) is 4.79 Å². The third-order valence-electron chi connectivity index (χ3n) is 2.14. The maximum absolute atomic E-state index is 11.8. The van der Waals surface area contributed by atoms with Gasteiger partial charge in [-0.2, -0.15) is 13.2 Å². The fourth-order valence-corrected chi connectivity index (χ4v) is 2.24. The molecule has 1 fully saturated rings. The molecule has 6 heteroatoms. The number of carbonyl (C=O) groups excluding carboxylic acids is 1. The first kappa shape index (κ1) is 11.8. The van der Waals surface area contributed by atoms with Crippen LogP contribution in [0.5, 0.6) is 0 Å². The Kier molecular flexibility index (Phi) is 3.80. The molecular weight excluding hydrogens is 263 g/mol. The Hall–Kier alpha value is -0.260. The van der Waals surface area contributed by atoms with E-state index in [1.54, 1.807) is 0 Å². The number of hydrogen-bond acceptors (Lipinski definition) is 1. The molecule has 1 aliphatic carbocycles. The Morgan fingerprint density at radius 2 is 2.07 bits per heavy atom. The van der Waals surface area contributed by atoms with Crippen LogP contribution in [0.25, 0.3) is 0 Å². The Balaban J connectivity index is 2.33. The molecule has 0 aliphatic heterocycles. The molecule has 0 aromatic heterocycles. The van der Waals surface area contributed by atoms with E-state index in [1.807, 2.05) is 0 Å². The molecule has 0 heterocycles. The zero-order chi connectivity index (χ0) is 10.8. The normalized spacial score (nSPS) is 27.7. The zero-order valence-corrected chi connectivity index (χ0v) is 8.99. The number of halogens is 4. The van der Waals surface area contributed by atoms with Gasteiger partial charge in [0.25, 0.3) is 0 Å². The van der Waals surface area contributed by atoms with Crippen LogP contribution in [0, 0.1) is 0 Å². The molecule has 1 amide bonds. The molecular formula is C8H11BrF3NO. The van der Waals surface area contributed by atoms with E-state index in [2.05, 4.69) is 21.2 Å². The minimum Gasteiger partial charge on any atom is -0.352 e. The average molecular weight is 274 g/mol. The molecule has 1 N–H and O–H groups in total. The van der Waals surface area contributed by atoms with E-state index in [0.29, 0.717) is 0 Å². The molecule has 0 saturated heterocycles. The highest BCUT2D eigenvalue weighted by Gasteiger charge is 2.33. The van der Waals surface area contributed by atoms with Crippen LogP contribution in [0.2, 0.25) is 0 Å². The zero-order valence-electron chi connectivity index (χ0n) is 7.40. The third-order valence-corrected chi connectivity index (χ3v) is 3.24. The van der Waals surface area contributed by atoms with Crippen molar-refractivity contribution >= 4 is 21.8 Å². The first-order chi connectivity index (χ1) is 6.38. The number of alkyl halides is 4. The van der Waals surface area contributed by atoms with Crippen molar-refractivity contribution in [1.29, 1.82) is 0 Å². The Labute approximate surface area is 88.4 Å². The van der Waals surface area contributed by atoms with E-state index in [-0.39, 0.29) is 10.9 Å². The molecule has 0 radical (unpaired) electrons. The van der Waals surface area contributed by atoms with Gasteiger partial charge in [0.05, 0.1) is 0 Å². The van der Waals surface area contributed by atoms with Crippen molar-refractivity contribution < 1.29 is 18.0 Å². The highest BCUT2D eigenvalue weighted by Crippen LogP contribution is 2.26. The van der Waals surface area contributed by atoms with Gasteiger partial charge >= 0.3 is 6.18 Å². The summed E-state index contributed by atoms with van der Waals surface area (Å²) in [6.07, 6.45) is -3.21.